The van der Waals surface area contributed by atoms with Crippen LogP contribution in [0.4, 0.5) is 5.69 Å². The molecule has 0 spiro atoms. The number of thioether (sulfide) groups is 1. The molecule has 0 atom stereocenters. The van der Waals surface area contributed by atoms with Gasteiger partial charge in [-0.05, 0) is 37.5 Å². The number of carbonyl (C=O) groups excluding carboxylic acids is 1. The summed E-state index contributed by atoms with van der Waals surface area (Å²) < 4.78 is 5.06. The molecule has 2 rings (SSSR count). The Balaban J connectivity index is 2.35. The topological polar surface area (TPSA) is 75.0 Å². The number of esters is 1. The molecule has 0 saturated carbocycles. The van der Waals surface area contributed by atoms with Gasteiger partial charge in [-0.15, -0.1) is 11.8 Å². The number of rotatable bonds is 6. The van der Waals surface area contributed by atoms with E-state index < -0.39 is 5.97 Å². The van der Waals surface area contributed by atoms with E-state index in [1.807, 2.05) is 36.6 Å². The van der Waals surface area contributed by atoms with E-state index in [0.717, 1.165) is 5.69 Å². The summed E-state index contributed by atoms with van der Waals surface area (Å²) in [5.41, 5.74) is 2.02. The van der Waals surface area contributed by atoms with Gasteiger partial charge in [-0.1, -0.05) is 18.2 Å². The number of nitrogens with one attached hydrogen (secondary N) is 1. The third-order valence-corrected chi connectivity index (χ3v) is 3.79. The summed E-state index contributed by atoms with van der Waals surface area (Å²) in [5, 5.41) is 12.9. The molecule has 0 amide bonds. The van der Waals surface area contributed by atoms with Crippen molar-refractivity contribution in [3.05, 3.63) is 59.4 Å². The van der Waals surface area contributed by atoms with E-state index in [9.17, 15) is 10.1 Å². The maximum absolute atomic E-state index is 12.1. The van der Waals surface area contributed by atoms with Gasteiger partial charge < -0.3 is 10.1 Å². The molecule has 6 heteroatoms. The zero-order chi connectivity index (χ0) is 17.4. The highest BCUT2D eigenvalue weighted by atomic mass is 32.2. The van der Waals surface area contributed by atoms with Crippen LogP contribution in [0.5, 0.6) is 0 Å². The number of carbonyl (C=O) groups is 1. The SMILES string of the molecule is CCOC(=O)c1cc(C#N)c(SC)nc1/C=C/Nc1ccccc1. The molecule has 1 heterocycles. The van der Waals surface area contributed by atoms with Crippen LogP contribution in [0.15, 0.2) is 47.6 Å². The number of anilines is 1. The molecule has 122 valence electrons. The Morgan fingerprint density at radius 1 is 1.42 bits per heavy atom. The molecule has 5 nitrogen and oxygen atoms in total. The van der Waals surface area contributed by atoms with E-state index >= 15 is 0 Å². The number of hydrogen-bond donors (Lipinski definition) is 1. The molecule has 0 radical (unpaired) electrons. The predicted octanol–water partition coefficient (Wildman–Crippen LogP) is 3.93. The molecular formula is C18H17N3O2S. The first-order chi connectivity index (χ1) is 11.7. The first kappa shape index (κ1) is 17.6. The van der Waals surface area contributed by atoms with Crippen LogP contribution in [0.3, 0.4) is 0 Å². The Hall–Kier alpha value is -2.78. The van der Waals surface area contributed by atoms with Crippen LogP contribution in [-0.2, 0) is 4.74 Å². The van der Waals surface area contributed by atoms with Crippen LogP contribution in [-0.4, -0.2) is 23.8 Å². The minimum absolute atomic E-state index is 0.260. The fourth-order valence-electron chi connectivity index (χ4n) is 2.00. The Labute approximate surface area is 145 Å². The van der Waals surface area contributed by atoms with Gasteiger partial charge in [0.05, 0.1) is 23.4 Å². The van der Waals surface area contributed by atoms with E-state index in [1.165, 1.54) is 17.8 Å². The van der Waals surface area contributed by atoms with Crippen LogP contribution in [0, 0.1) is 11.3 Å². The summed E-state index contributed by atoms with van der Waals surface area (Å²) in [4.78, 5) is 16.5. The maximum Gasteiger partial charge on any atom is 0.340 e. The van der Waals surface area contributed by atoms with Crippen LogP contribution in [0.25, 0.3) is 6.08 Å². The second-order valence-corrected chi connectivity index (χ2v) is 5.45. The molecule has 0 unspecified atom stereocenters. The fraction of sp³-hybridized carbons (Fsp3) is 0.167. The van der Waals surface area contributed by atoms with Crippen molar-refractivity contribution in [3.8, 4) is 6.07 Å². The number of aromatic nitrogens is 1. The highest BCUT2D eigenvalue weighted by Gasteiger charge is 2.16. The van der Waals surface area contributed by atoms with Crippen molar-refractivity contribution < 1.29 is 9.53 Å². The lowest BCUT2D eigenvalue weighted by atomic mass is 10.1. The summed E-state index contributed by atoms with van der Waals surface area (Å²) >= 11 is 1.36. The number of benzene rings is 1. The largest absolute Gasteiger partial charge is 0.462 e. The van der Waals surface area contributed by atoms with Gasteiger partial charge in [-0.3, -0.25) is 0 Å². The van der Waals surface area contributed by atoms with Gasteiger partial charge in [0.15, 0.2) is 0 Å². The van der Waals surface area contributed by atoms with Crippen LogP contribution in [0.1, 0.15) is 28.5 Å². The van der Waals surface area contributed by atoms with Crippen molar-refractivity contribution in [1.82, 2.24) is 4.98 Å². The molecule has 1 aromatic carbocycles. The molecule has 1 N–H and O–H groups in total. The molecule has 0 aliphatic heterocycles. The van der Waals surface area contributed by atoms with Crippen LogP contribution >= 0.6 is 11.8 Å². The molecular weight excluding hydrogens is 322 g/mol. The summed E-state index contributed by atoms with van der Waals surface area (Å²) in [5.74, 6) is -0.492. The fourth-order valence-corrected chi connectivity index (χ4v) is 2.51. The monoisotopic (exact) mass is 339 g/mol. The number of nitriles is 1. The van der Waals surface area contributed by atoms with E-state index in [-0.39, 0.29) is 12.2 Å². The molecule has 0 saturated heterocycles. The minimum Gasteiger partial charge on any atom is -0.462 e. The number of para-hydroxylation sites is 1. The molecule has 0 bridgehead atoms. The van der Waals surface area contributed by atoms with E-state index in [1.54, 1.807) is 19.2 Å². The van der Waals surface area contributed by atoms with Crippen molar-refractivity contribution in [2.45, 2.75) is 11.9 Å². The average Bonchev–Trinajstić information content (AvgIpc) is 2.62. The Kier molecular flexibility index (Phi) is 6.41. The predicted molar refractivity (Wildman–Crippen MR) is 95.8 cm³/mol. The highest BCUT2D eigenvalue weighted by Crippen LogP contribution is 2.22. The minimum atomic E-state index is -0.492. The Morgan fingerprint density at radius 2 is 2.17 bits per heavy atom. The summed E-state index contributed by atoms with van der Waals surface area (Å²) in [6.07, 6.45) is 5.24. The Bertz CT molecular complexity index is 783. The zero-order valence-electron chi connectivity index (χ0n) is 13.4. The summed E-state index contributed by atoms with van der Waals surface area (Å²) in [6.45, 7) is 2.00. The number of pyridine rings is 1. The molecule has 1 aromatic heterocycles. The van der Waals surface area contributed by atoms with Gasteiger partial charge >= 0.3 is 5.97 Å². The van der Waals surface area contributed by atoms with Crippen molar-refractivity contribution in [2.75, 3.05) is 18.2 Å². The molecule has 0 fully saturated rings. The second-order valence-electron chi connectivity index (χ2n) is 4.65. The zero-order valence-corrected chi connectivity index (χ0v) is 14.3. The van der Waals surface area contributed by atoms with Crippen molar-refractivity contribution in [3.63, 3.8) is 0 Å². The van der Waals surface area contributed by atoms with Gasteiger partial charge in [0.1, 0.15) is 11.1 Å². The van der Waals surface area contributed by atoms with E-state index in [4.69, 9.17) is 4.74 Å². The first-order valence-corrected chi connectivity index (χ1v) is 8.56. The summed E-state index contributed by atoms with van der Waals surface area (Å²) in [7, 11) is 0. The van der Waals surface area contributed by atoms with Crippen molar-refractivity contribution in [1.29, 1.82) is 5.26 Å². The van der Waals surface area contributed by atoms with Crippen LogP contribution in [0.2, 0.25) is 0 Å². The Morgan fingerprint density at radius 3 is 2.79 bits per heavy atom. The van der Waals surface area contributed by atoms with E-state index in [0.29, 0.717) is 16.3 Å². The van der Waals surface area contributed by atoms with Gasteiger partial charge in [-0.25, -0.2) is 9.78 Å². The quantitative estimate of drug-likeness (QED) is 0.635. The van der Waals surface area contributed by atoms with E-state index in [2.05, 4.69) is 16.4 Å². The summed E-state index contributed by atoms with van der Waals surface area (Å²) in [6, 6.07) is 13.2. The third kappa shape index (κ3) is 4.37. The maximum atomic E-state index is 12.1. The average molecular weight is 339 g/mol. The van der Waals surface area contributed by atoms with Gasteiger partial charge in [-0.2, -0.15) is 5.26 Å². The first-order valence-electron chi connectivity index (χ1n) is 7.34. The normalized spacial score (nSPS) is 10.4. The third-order valence-electron chi connectivity index (χ3n) is 3.09. The standard InChI is InChI=1S/C18H17N3O2S/c1-3-23-18(22)15-11-13(12-19)17(24-2)21-16(15)9-10-20-14-7-5-4-6-8-14/h4-11,20H,3H2,1-2H3/b10-9+. The highest BCUT2D eigenvalue weighted by molar-refractivity contribution is 7.98. The molecule has 24 heavy (non-hydrogen) atoms. The van der Waals surface area contributed by atoms with Gasteiger partial charge in [0, 0.05) is 11.9 Å². The lowest BCUT2D eigenvalue weighted by Gasteiger charge is -2.08. The number of hydrogen-bond acceptors (Lipinski definition) is 6. The second kappa shape index (κ2) is 8.75. The lowest BCUT2D eigenvalue weighted by molar-refractivity contribution is 0.0525. The van der Waals surface area contributed by atoms with Crippen molar-refractivity contribution in [2.24, 2.45) is 0 Å². The number of ether oxygens (including phenoxy) is 1. The number of nitrogens with zero attached hydrogens (tertiary/aromatic N) is 2. The van der Waals surface area contributed by atoms with Gasteiger partial charge in [0.25, 0.3) is 0 Å². The van der Waals surface area contributed by atoms with Crippen molar-refractivity contribution >= 4 is 29.5 Å². The molecule has 0 aliphatic carbocycles. The molecule has 0 aliphatic rings. The smallest absolute Gasteiger partial charge is 0.340 e. The molecule has 2 aromatic rings. The van der Waals surface area contributed by atoms with Gasteiger partial charge in [0.2, 0.25) is 0 Å². The van der Waals surface area contributed by atoms with Crippen LogP contribution < -0.4 is 5.32 Å². The lowest BCUT2D eigenvalue weighted by Crippen LogP contribution is -2.09.